The van der Waals surface area contributed by atoms with E-state index in [2.05, 4.69) is 0 Å². The van der Waals surface area contributed by atoms with E-state index < -0.39 is 0 Å². The molecule has 1 saturated heterocycles. The molecule has 1 fully saturated rings. The molecule has 2 rings (SSSR count). The highest BCUT2D eigenvalue weighted by atomic mass is 16.3. The highest BCUT2D eigenvalue weighted by Gasteiger charge is 2.23. The maximum atomic E-state index is 12.3. The lowest BCUT2D eigenvalue weighted by Gasteiger charge is -2.34. The Labute approximate surface area is 112 Å². The molecule has 0 radical (unpaired) electrons. The van der Waals surface area contributed by atoms with Gasteiger partial charge in [-0.1, -0.05) is 6.07 Å². The van der Waals surface area contributed by atoms with Crippen LogP contribution < -0.4 is 0 Å². The average Bonchev–Trinajstić information content (AvgIpc) is 2.41. The molecule has 0 spiro atoms. The van der Waals surface area contributed by atoms with Crippen molar-refractivity contribution in [1.82, 2.24) is 9.80 Å². The molecule has 0 bridgehead atoms. The number of phenolic OH excluding ortho intramolecular Hbond substituents is 1. The van der Waals surface area contributed by atoms with Crippen LogP contribution in [0, 0.1) is 6.92 Å². The fourth-order valence-corrected chi connectivity index (χ4v) is 2.15. The van der Waals surface area contributed by atoms with Gasteiger partial charge in [-0.05, 0) is 24.6 Å². The monoisotopic (exact) mass is 262 g/mol. The second-order valence-electron chi connectivity index (χ2n) is 4.80. The number of piperazine rings is 1. The van der Waals surface area contributed by atoms with Crippen molar-refractivity contribution < 1.29 is 14.7 Å². The Morgan fingerprint density at radius 1 is 1.11 bits per heavy atom. The second-order valence-corrected chi connectivity index (χ2v) is 4.80. The number of amides is 2. The minimum atomic E-state index is -0.0986. The molecule has 0 aliphatic carbocycles. The van der Waals surface area contributed by atoms with Crippen LogP contribution in [-0.4, -0.2) is 52.9 Å². The maximum absolute atomic E-state index is 12.3. The molecule has 1 aliphatic heterocycles. The summed E-state index contributed by atoms with van der Waals surface area (Å²) < 4.78 is 0. The maximum Gasteiger partial charge on any atom is 0.254 e. The van der Waals surface area contributed by atoms with E-state index in [4.69, 9.17) is 0 Å². The molecule has 0 unspecified atom stereocenters. The third-order valence-corrected chi connectivity index (χ3v) is 3.47. The molecule has 19 heavy (non-hydrogen) atoms. The Hall–Kier alpha value is -2.04. The van der Waals surface area contributed by atoms with Gasteiger partial charge in [0.2, 0.25) is 5.91 Å². The van der Waals surface area contributed by atoms with Crippen molar-refractivity contribution in [3.63, 3.8) is 0 Å². The van der Waals surface area contributed by atoms with E-state index in [9.17, 15) is 14.7 Å². The molecule has 0 saturated carbocycles. The summed E-state index contributed by atoms with van der Waals surface area (Å²) in [4.78, 5) is 26.9. The number of nitrogens with zero attached hydrogens (tertiary/aromatic N) is 2. The van der Waals surface area contributed by atoms with Gasteiger partial charge in [-0.2, -0.15) is 0 Å². The summed E-state index contributed by atoms with van der Waals surface area (Å²) in [6.07, 6.45) is 0. The minimum absolute atomic E-state index is 0.0417. The first-order valence-corrected chi connectivity index (χ1v) is 6.33. The summed E-state index contributed by atoms with van der Waals surface area (Å²) in [5.74, 6) is 0.0757. The quantitative estimate of drug-likeness (QED) is 0.821. The summed E-state index contributed by atoms with van der Waals surface area (Å²) in [7, 11) is 0. The van der Waals surface area contributed by atoms with Gasteiger partial charge in [0.1, 0.15) is 5.75 Å². The zero-order valence-electron chi connectivity index (χ0n) is 11.2. The summed E-state index contributed by atoms with van der Waals surface area (Å²) in [5, 5.41) is 9.64. The predicted molar refractivity (Wildman–Crippen MR) is 71.0 cm³/mol. The first kappa shape index (κ1) is 13.4. The first-order chi connectivity index (χ1) is 8.99. The van der Waals surface area contributed by atoms with Gasteiger partial charge in [0.05, 0.1) is 0 Å². The Kier molecular flexibility index (Phi) is 3.74. The van der Waals surface area contributed by atoms with E-state index in [1.54, 1.807) is 28.9 Å². The van der Waals surface area contributed by atoms with E-state index in [0.29, 0.717) is 31.7 Å². The SMILES string of the molecule is CC(=O)N1CCN(C(=O)c2ccc(C)c(O)c2)CC1. The molecular weight excluding hydrogens is 244 g/mol. The summed E-state index contributed by atoms with van der Waals surface area (Å²) in [5.41, 5.74) is 1.23. The third-order valence-electron chi connectivity index (χ3n) is 3.47. The molecule has 1 aromatic rings. The molecule has 5 nitrogen and oxygen atoms in total. The van der Waals surface area contributed by atoms with Gasteiger partial charge in [0.15, 0.2) is 0 Å². The zero-order valence-corrected chi connectivity index (χ0v) is 11.2. The molecule has 0 atom stereocenters. The molecule has 0 aromatic heterocycles. The second kappa shape index (κ2) is 5.30. The van der Waals surface area contributed by atoms with Crippen LogP contribution in [0.1, 0.15) is 22.8 Å². The standard InChI is InChI=1S/C14H18N2O3/c1-10-3-4-12(9-13(10)18)14(19)16-7-5-15(6-8-16)11(2)17/h3-4,9,18H,5-8H2,1-2H3. The Morgan fingerprint density at radius 2 is 1.68 bits per heavy atom. The Morgan fingerprint density at radius 3 is 2.21 bits per heavy atom. The third kappa shape index (κ3) is 2.86. The fourth-order valence-electron chi connectivity index (χ4n) is 2.15. The number of benzene rings is 1. The van der Waals surface area contributed by atoms with Crippen molar-refractivity contribution in [2.45, 2.75) is 13.8 Å². The molecule has 1 heterocycles. The summed E-state index contributed by atoms with van der Waals surface area (Å²) in [6.45, 7) is 5.53. The average molecular weight is 262 g/mol. The van der Waals surface area contributed by atoms with Crippen LogP contribution in [0.4, 0.5) is 0 Å². The lowest BCUT2D eigenvalue weighted by Crippen LogP contribution is -2.50. The van der Waals surface area contributed by atoms with Gasteiger partial charge in [-0.25, -0.2) is 0 Å². The number of aryl methyl sites for hydroxylation is 1. The van der Waals surface area contributed by atoms with Gasteiger partial charge in [0.25, 0.3) is 5.91 Å². The van der Waals surface area contributed by atoms with E-state index in [1.807, 2.05) is 0 Å². The number of hydrogen-bond acceptors (Lipinski definition) is 3. The van der Waals surface area contributed by atoms with Crippen molar-refractivity contribution in [2.75, 3.05) is 26.2 Å². The predicted octanol–water partition coefficient (Wildman–Crippen LogP) is 1.00. The summed E-state index contributed by atoms with van der Waals surface area (Å²) in [6, 6.07) is 4.94. The number of rotatable bonds is 1. The molecule has 2 amide bonds. The van der Waals surface area contributed by atoms with E-state index in [1.165, 1.54) is 13.0 Å². The van der Waals surface area contributed by atoms with Crippen molar-refractivity contribution >= 4 is 11.8 Å². The Bertz CT molecular complexity index is 505. The molecule has 1 aromatic carbocycles. The van der Waals surface area contributed by atoms with E-state index >= 15 is 0 Å². The van der Waals surface area contributed by atoms with Gasteiger partial charge >= 0.3 is 0 Å². The lowest BCUT2D eigenvalue weighted by molar-refractivity contribution is -0.130. The normalized spacial score (nSPS) is 15.5. The van der Waals surface area contributed by atoms with Crippen molar-refractivity contribution in [3.8, 4) is 5.75 Å². The number of phenols is 1. The Balaban J connectivity index is 2.05. The topological polar surface area (TPSA) is 60.9 Å². The molecule has 1 aliphatic rings. The van der Waals surface area contributed by atoms with Crippen molar-refractivity contribution in [1.29, 1.82) is 0 Å². The molecular formula is C14H18N2O3. The van der Waals surface area contributed by atoms with Crippen LogP contribution in [-0.2, 0) is 4.79 Å². The lowest BCUT2D eigenvalue weighted by atomic mass is 10.1. The largest absolute Gasteiger partial charge is 0.508 e. The number of carbonyl (C=O) groups is 2. The van der Waals surface area contributed by atoms with Gasteiger partial charge in [-0.3, -0.25) is 9.59 Å². The first-order valence-electron chi connectivity index (χ1n) is 6.33. The molecule has 102 valence electrons. The number of carbonyl (C=O) groups excluding carboxylic acids is 2. The fraction of sp³-hybridized carbons (Fsp3) is 0.429. The van der Waals surface area contributed by atoms with E-state index in [0.717, 1.165) is 5.56 Å². The molecule has 1 N–H and O–H groups in total. The molecule has 5 heteroatoms. The highest BCUT2D eigenvalue weighted by Crippen LogP contribution is 2.19. The van der Waals surface area contributed by atoms with Crippen molar-refractivity contribution in [2.24, 2.45) is 0 Å². The highest BCUT2D eigenvalue weighted by molar-refractivity contribution is 5.95. The van der Waals surface area contributed by atoms with Gasteiger partial charge in [-0.15, -0.1) is 0 Å². The van der Waals surface area contributed by atoms with Crippen LogP contribution in [0.3, 0.4) is 0 Å². The van der Waals surface area contributed by atoms with Crippen LogP contribution in [0.2, 0.25) is 0 Å². The van der Waals surface area contributed by atoms with Crippen LogP contribution in [0.5, 0.6) is 5.75 Å². The number of aromatic hydroxyl groups is 1. The van der Waals surface area contributed by atoms with Crippen LogP contribution in [0.25, 0.3) is 0 Å². The summed E-state index contributed by atoms with van der Waals surface area (Å²) >= 11 is 0. The smallest absolute Gasteiger partial charge is 0.254 e. The van der Waals surface area contributed by atoms with Gasteiger partial charge < -0.3 is 14.9 Å². The zero-order chi connectivity index (χ0) is 14.0. The van der Waals surface area contributed by atoms with Crippen LogP contribution in [0.15, 0.2) is 18.2 Å². The van der Waals surface area contributed by atoms with E-state index in [-0.39, 0.29) is 17.6 Å². The minimum Gasteiger partial charge on any atom is -0.508 e. The van der Waals surface area contributed by atoms with Crippen LogP contribution >= 0.6 is 0 Å². The number of hydrogen-bond donors (Lipinski definition) is 1. The van der Waals surface area contributed by atoms with Crippen molar-refractivity contribution in [3.05, 3.63) is 29.3 Å². The van der Waals surface area contributed by atoms with Gasteiger partial charge in [0, 0.05) is 38.7 Å².